The van der Waals surface area contributed by atoms with Crippen LogP contribution >= 0.6 is 0 Å². The first-order valence-electron chi connectivity index (χ1n) is 11.0. The van der Waals surface area contributed by atoms with Gasteiger partial charge in [0.15, 0.2) is 17.3 Å². The Morgan fingerprint density at radius 1 is 0.459 bits per heavy atom. The van der Waals surface area contributed by atoms with Crippen LogP contribution in [0.1, 0.15) is 51.8 Å². The third-order valence-corrected chi connectivity index (χ3v) is 4.19. The molecule has 3 rings (SSSR count). The maximum Gasteiger partial charge on any atom is 0.189 e. The largest absolute Gasteiger partial charge is 0.512 e. The molecule has 3 aromatic rings. The molecule has 0 aliphatic rings. The number of hydrogen-bond donors (Lipinski definition) is 3. The number of ketones is 3. The number of carbonyl (C=O) groups is 3. The zero-order chi connectivity index (χ0) is 26.9. The maximum atomic E-state index is 11.2. The SMILES string of the molecule is CC(O)=CC(=O)c1ccccc1.CC(O)=CC(=O)c1ccccc1.CC(O)=CC(=O)c1ccccc1.[Cr]. The van der Waals surface area contributed by atoms with Crippen molar-refractivity contribution < 1.29 is 47.1 Å². The van der Waals surface area contributed by atoms with E-state index in [1.54, 1.807) is 72.8 Å². The first kappa shape index (κ1) is 32.8. The molecule has 3 N–H and O–H groups in total. The standard InChI is InChI=1S/3C10H10O2.Cr/c3*1-8(11)7-10(12)9-5-3-2-4-6-9;/h3*2-7,11H,1H3;. The number of hydrogen-bond acceptors (Lipinski definition) is 6. The van der Waals surface area contributed by atoms with Crippen LogP contribution in [0.15, 0.2) is 127 Å². The Morgan fingerprint density at radius 3 is 0.811 bits per heavy atom. The van der Waals surface area contributed by atoms with E-state index >= 15 is 0 Å². The van der Waals surface area contributed by atoms with E-state index in [4.69, 9.17) is 15.3 Å². The second-order valence-corrected chi connectivity index (χ2v) is 7.55. The molecular weight excluding hydrogens is 508 g/mol. The van der Waals surface area contributed by atoms with Crippen molar-refractivity contribution in [3.63, 3.8) is 0 Å². The topological polar surface area (TPSA) is 112 Å². The molecule has 0 aliphatic heterocycles. The molecule has 0 aromatic heterocycles. The normalized spacial score (nSPS) is 10.9. The van der Waals surface area contributed by atoms with E-state index in [-0.39, 0.29) is 52.0 Å². The minimum atomic E-state index is -0.171. The molecule has 0 saturated carbocycles. The molecule has 3 aromatic carbocycles. The van der Waals surface area contributed by atoms with Crippen molar-refractivity contribution in [1.29, 1.82) is 0 Å². The second-order valence-electron chi connectivity index (χ2n) is 7.55. The minimum absolute atomic E-state index is 0. The summed E-state index contributed by atoms with van der Waals surface area (Å²) in [6, 6.07) is 26.5. The van der Waals surface area contributed by atoms with Gasteiger partial charge in [-0.15, -0.1) is 0 Å². The summed E-state index contributed by atoms with van der Waals surface area (Å²) in [4.78, 5) is 33.7. The molecule has 0 radical (unpaired) electrons. The van der Waals surface area contributed by atoms with Crippen molar-refractivity contribution in [3.8, 4) is 0 Å². The molecule has 0 fully saturated rings. The fraction of sp³-hybridized carbons (Fsp3) is 0.100. The Balaban J connectivity index is 0.000000518. The number of aliphatic hydroxyl groups is 3. The third kappa shape index (κ3) is 14.7. The molecule has 0 bridgehead atoms. The van der Waals surface area contributed by atoms with Crippen molar-refractivity contribution in [1.82, 2.24) is 0 Å². The summed E-state index contributed by atoms with van der Waals surface area (Å²) in [7, 11) is 0. The average molecular weight is 539 g/mol. The van der Waals surface area contributed by atoms with Gasteiger partial charge in [-0.1, -0.05) is 91.0 Å². The fourth-order valence-electron chi connectivity index (χ4n) is 2.63. The van der Waals surface area contributed by atoms with Gasteiger partial charge in [0.1, 0.15) is 0 Å². The first-order chi connectivity index (χ1) is 17.1. The van der Waals surface area contributed by atoms with Crippen LogP contribution in [-0.4, -0.2) is 32.7 Å². The van der Waals surface area contributed by atoms with Gasteiger partial charge in [-0.3, -0.25) is 14.4 Å². The van der Waals surface area contributed by atoms with Gasteiger partial charge >= 0.3 is 0 Å². The van der Waals surface area contributed by atoms with E-state index < -0.39 is 0 Å². The molecular formula is C30H30CrO6. The predicted octanol–water partition coefficient (Wildman–Crippen LogP) is 6.99. The second kappa shape index (κ2) is 18.1. The molecule has 0 atom stereocenters. The molecule has 192 valence electrons. The summed E-state index contributed by atoms with van der Waals surface area (Å²) in [6.07, 6.45) is 3.61. The Kier molecular flexibility index (Phi) is 16.1. The fourth-order valence-corrected chi connectivity index (χ4v) is 2.63. The summed E-state index contributed by atoms with van der Waals surface area (Å²) in [5.41, 5.74) is 1.77. The summed E-state index contributed by atoms with van der Waals surface area (Å²) in [6.45, 7) is 4.42. The number of aliphatic hydroxyl groups excluding tert-OH is 3. The van der Waals surface area contributed by atoms with Crippen molar-refractivity contribution in [2.45, 2.75) is 20.8 Å². The van der Waals surface area contributed by atoms with Gasteiger partial charge in [-0.05, 0) is 20.8 Å². The van der Waals surface area contributed by atoms with Crippen molar-refractivity contribution >= 4 is 17.3 Å². The summed E-state index contributed by atoms with van der Waals surface area (Å²) < 4.78 is 0. The number of benzene rings is 3. The van der Waals surface area contributed by atoms with Gasteiger partial charge < -0.3 is 15.3 Å². The van der Waals surface area contributed by atoms with Gasteiger partial charge in [0, 0.05) is 52.3 Å². The monoisotopic (exact) mass is 538 g/mol. The average Bonchev–Trinajstić information content (AvgIpc) is 2.85. The van der Waals surface area contributed by atoms with Crippen LogP contribution in [0.4, 0.5) is 0 Å². The Hall–Kier alpha value is -4.18. The van der Waals surface area contributed by atoms with Gasteiger partial charge in [-0.25, -0.2) is 0 Å². The van der Waals surface area contributed by atoms with Crippen LogP contribution < -0.4 is 0 Å². The van der Waals surface area contributed by atoms with E-state index in [1.165, 1.54) is 39.0 Å². The minimum Gasteiger partial charge on any atom is -0.512 e. The third-order valence-electron chi connectivity index (χ3n) is 4.19. The number of carbonyl (C=O) groups excluding carboxylic acids is 3. The van der Waals surface area contributed by atoms with E-state index in [0.717, 1.165) is 0 Å². The zero-order valence-corrected chi connectivity index (χ0v) is 22.1. The maximum absolute atomic E-state index is 11.2. The smallest absolute Gasteiger partial charge is 0.189 e. The van der Waals surface area contributed by atoms with Gasteiger partial charge in [0.25, 0.3) is 0 Å². The Bertz CT molecular complexity index is 1050. The van der Waals surface area contributed by atoms with Crippen molar-refractivity contribution in [2.75, 3.05) is 0 Å². The summed E-state index contributed by atoms with van der Waals surface area (Å²) >= 11 is 0. The molecule has 0 aliphatic carbocycles. The molecule has 7 heteroatoms. The van der Waals surface area contributed by atoms with Crippen molar-refractivity contribution in [2.24, 2.45) is 0 Å². The van der Waals surface area contributed by atoms with Crippen LogP contribution in [0.3, 0.4) is 0 Å². The van der Waals surface area contributed by atoms with Crippen LogP contribution in [0, 0.1) is 0 Å². The quantitative estimate of drug-likeness (QED) is 0.177. The molecule has 0 spiro atoms. The molecule has 0 unspecified atom stereocenters. The van der Waals surface area contributed by atoms with Gasteiger partial charge in [0.2, 0.25) is 0 Å². The Labute approximate surface area is 228 Å². The molecule has 37 heavy (non-hydrogen) atoms. The van der Waals surface area contributed by atoms with E-state index in [9.17, 15) is 14.4 Å². The molecule has 0 heterocycles. The number of rotatable bonds is 6. The Morgan fingerprint density at radius 2 is 0.649 bits per heavy atom. The van der Waals surface area contributed by atoms with E-state index in [2.05, 4.69) is 0 Å². The van der Waals surface area contributed by atoms with Crippen LogP contribution in [0.2, 0.25) is 0 Å². The van der Waals surface area contributed by atoms with Crippen LogP contribution in [0.5, 0.6) is 0 Å². The van der Waals surface area contributed by atoms with Gasteiger partial charge in [0.05, 0.1) is 17.3 Å². The summed E-state index contributed by atoms with van der Waals surface area (Å²) in [5, 5.41) is 26.5. The molecule has 6 nitrogen and oxygen atoms in total. The van der Waals surface area contributed by atoms with Crippen LogP contribution in [0.25, 0.3) is 0 Å². The predicted molar refractivity (Wildman–Crippen MR) is 141 cm³/mol. The summed E-state index contributed by atoms with van der Waals surface area (Å²) in [5.74, 6) is -0.418. The first-order valence-corrected chi connectivity index (χ1v) is 11.0. The molecule has 0 saturated heterocycles. The van der Waals surface area contributed by atoms with E-state index in [0.29, 0.717) is 16.7 Å². The van der Waals surface area contributed by atoms with Crippen molar-refractivity contribution in [3.05, 3.63) is 143 Å². The number of allylic oxidation sites excluding steroid dienone is 6. The van der Waals surface area contributed by atoms with E-state index in [1.807, 2.05) is 18.2 Å². The van der Waals surface area contributed by atoms with Crippen LogP contribution in [-0.2, 0) is 17.4 Å². The molecule has 0 amide bonds. The van der Waals surface area contributed by atoms with Gasteiger partial charge in [-0.2, -0.15) is 0 Å². The zero-order valence-electron chi connectivity index (χ0n) is 20.9.